The van der Waals surface area contributed by atoms with E-state index in [4.69, 9.17) is 4.74 Å². The lowest BCUT2D eigenvalue weighted by atomic mass is 9.64. The molecule has 0 radical (unpaired) electrons. The maximum atomic E-state index is 11.8. The Hall–Kier alpha value is -1.55. The minimum atomic E-state index is -0.338. The fourth-order valence-electron chi connectivity index (χ4n) is 2.24. The quantitative estimate of drug-likeness (QED) is 0.868. The SMILES string of the molecule is Cc1cccc(OCC(=O)NC2CC(O)C2(C)C)c1. The average Bonchev–Trinajstić information content (AvgIpc) is 2.36. The standard InChI is InChI=1S/C15H21NO3/c1-10-5-4-6-11(7-10)19-9-14(18)16-12-8-13(17)15(12,2)3/h4-7,12-13,17H,8-9H2,1-3H3,(H,16,18). The van der Waals surface area contributed by atoms with Gasteiger partial charge in [0.15, 0.2) is 6.61 Å². The van der Waals surface area contributed by atoms with Gasteiger partial charge in [0.25, 0.3) is 5.91 Å². The van der Waals surface area contributed by atoms with Gasteiger partial charge >= 0.3 is 0 Å². The Morgan fingerprint density at radius 2 is 2.26 bits per heavy atom. The largest absolute Gasteiger partial charge is 0.484 e. The molecule has 0 spiro atoms. The van der Waals surface area contributed by atoms with E-state index in [9.17, 15) is 9.90 Å². The van der Waals surface area contributed by atoms with Gasteiger partial charge in [-0.1, -0.05) is 26.0 Å². The molecule has 0 saturated heterocycles. The first-order valence-electron chi connectivity index (χ1n) is 6.56. The number of benzene rings is 1. The number of rotatable bonds is 4. The topological polar surface area (TPSA) is 58.6 Å². The van der Waals surface area contributed by atoms with E-state index in [1.807, 2.05) is 45.0 Å². The molecule has 1 aliphatic rings. The second kappa shape index (κ2) is 5.21. The molecule has 2 N–H and O–H groups in total. The van der Waals surface area contributed by atoms with Crippen LogP contribution in [0, 0.1) is 12.3 Å². The van der Waals surface area contributed by atoms with Crippen LogP contribution in [0.25, 0.3) is 0 Å². The first kappa shape index (κ1) is 13.9. The van der Waals surface area contributed by atoms with Crippen LogP contribution < -0.4 is 10.1 Å². The third kappa shape index (κ3) is 3.07. The van der Waals surface area contributed by atoms with Crippen molar-refractivity contribution < 1.29 is 14.6 Å². The van der Waals surface area contributed by atoms with E-state index in [0.29, 0.717) is 12.2 Å². The number of ether oxygens (including phenoxy) is 1. The molecule has 0 heterocycles. The number of hydrogen-bond acceptors (Lipinski definition) is 3. The van der Waals surface area contributed by atoms with Crippen LogP contribution in [-0.2, 0) is 4.79 Å². The van der Waals surface area contributed by atoms with Gasteiger partial charge in [-0.05, 0) is 31.0 Å². The van der Waals surface area contributed by atoms with E-state index in [2.05, 4.69) is 5.32 Å². The number of carbonyl (C=O) groups is 1. The van der Waals surface area contributed by atoms with Gasteiger partial charge in [-0.25, -0.2) is 0 Å². The summed E-state index contributed by atoms with van der Waals surface area (Å²) in [6.07, 6.45) is 0.277. The number of amides is 1. The molecule has 2 rings (SSSR count). The van der Waals surface area contributed by atoms with Crippen LogP contribution in [0.3, 0.4) is 0 Å². The van der Waals surface area contributed by atoms with E-state index >= 15 is 0 Å². The van der Waals surface area contributed by atoms with Crippen LogP contribution in [0.5, 0.6) is 5.75 Å². The Kier molecular flexibility index (Phi) is 3.80. The van der Waals surface area contributed by atoms with Gasteiger partial charge in [-0.2, -0.15) is 0 Å². The molecule has 2 unspecified atom stereocenters. The highest BCUT2D eigenvalue weighted by Crippen LogP contribution is 2.40. The van der Waals surface area contributed by atoms with Crippen LogP contribution in [0.1, 0.15) is 25.8 Å². The van der Waals surface area contributed by atoms with Crippen LogP contribution in [0.15, 0.2) is 24.3 Å². The predicted octanol–water partition coefficient (Wildman–Crippen LogP) is 1.65. The third-order valence-corrected chi connectivity index (χ3v) is 3.91. The second-order valence-corrected chi connectivity index (χ2v) is 5.80. The summed E-state index contributed by atoms with van der Waals surface area (Å²) in [7, 11) is 0. The number of carbonyl (C=O) groups excluding carboxylic acids is 1. The van der Waals surface area contributed by atoms with Crippen LogP contribution in [0.2, 0.25) is 0 Å². The monoisotopic (exact) mass is 263 g/mol. The predicted molar refractivity (Wildman–Crippen MR) is 73.0 cm³/mol. The van der Waals surface area contributed by atoms with Gasteiger partial charge in [0.1, 0.15) is 5.75 Å². The fraction of sp³-hybridized carbons (Fsp3) is 0.533. The van der Waals surface area contributed by atoms with E-state index in [0.717, 1.165) is 5.56 Å². The fourth-order valence-corrected chi connectivity index (χ4v) is 2.24. The van der Waals surface area contributed by atoms with Crippen LogP contribution >= 0.6 is 0 Å². The van der Waals surface area contributed by atoms with Crippen molar-refractivity contribution in [2.24, 2.45) is 5.41 Å². The maximum Gasteiger partial charge on any atom is 0.258 e. The van der Waals surface area contributed by atoms with Gasteiger partial charge < -0.3 is 15.2 Å². The minimum Gasteiger partial charge on any atom is -0.484 e. The Bertz CT molecular complexity index is 470. The minimum absolute atomic E-state index is 0.00608. The molecule has 0 aromatic heterocycles. The first-order valence-corrected chi connectivity index (χ1v) is 6.56. The molecule has 1 amide bonds. The molecule has 104 valence electrons. The second-order valence-electron chi connectivity index (χ2n) is 5.80. The average molecular weight is 263 g/mol. The summed E-state index contributed by atoms with van der Waals surface area (Å²) < 4.78 is 5.44. The number of aliphatic hydroxyl groups is 1. The number of aliphatic hydroxyl groups excluding tert-OH is 1. The van der Waals surface area contributed by atoms with Crippen molar-refractivity contribution in [3.63, 3.8) is 0 Å². The van der Waals surface area contributed by atoms with Gasteiger partial charge in [0.05, 0.1) is 6.10 Å². The molecule has 1 aromatic rings. The lowest BCUT2D eigenvalue weighted by molar-refractivity contribution is -0.131. The lowest BCUT2D eigenvalue weighted by Crippen LogP contribution is -2.61. The molecular formula is C15H21NO3. The smallest absolute Gasteiger partial charge is 0.258 e. The summed E-state index contributed by atoms with van der Waals surface area (Å²) >= 11 is 0. The highest BCUT2D eigenvalue weighted by Gasteiger charge is 2.47. The summed E-state index contributed by atoms with van der Waals surface area (Å²) in [6, 6.07) is 7.62. The zero-order chi connectivity index (χ0) is 14.0. The zero-order valence-electron chi connectivity index (χ0n) is 11.6. The molecule has 1 aromatic carbocycles. The van der Waals surface area contributed by atoms with Gasteiger partial charge in [-0.3, -0.25) is 4.79 Å². The lowest BCUT2D eigenvalue weighted by Gasteiger charge is -2.49. The number of nitrogens with one attached hydrogen (secondary N) is 1. The third-order valence-electron chi connectivity index (χ3n) is 3.91. The molecule has 2 atom stereocenters. The summed E-state index contributed by atoms with van der Waals surface area (Å²) in [6.45, 7) is 5.89. The molecule has 0 bridgehead atoms. The van der Waals surface area contributed by atoms with Crippen LogP contribution in [-0.4, -0.2) is 29.8 Å². The summed E-state index contributed by atoms with van der Waals surface area (Å²) in [5.74, 6) is 0.550. The Balaban J connectivity index is 1.80. The normalized spacial score (nSPS) is 24.4. The Labute approximate surface area is 113 Å². The van der Waals surface area contributed by atoms with Crippen molar-refractivity contribution in [2.75, 3.05) is 6.61 Å². The van der Waals surface area contributed by atoms with Gasteiger partial charge in [-0.15, -0.1) is 0 Å². The van der Waals surface area contributed by atoms with Crippen molar-refractivity contribution in [1.82, 2.24) is 5.32 Å². The number of hydrogen-bond donors (Lipinski definition) is 2. The van der Waals surface area contributed by atoms with Crippen molar-refractivity contribution in [3.05, 3.63) is 29.8 Å². The van der Waals surface area contributed by atoms with Gasteiger partial charge in [0.2, 0.25) is 0 Å². The Morgan fingerprint density at radius 3 is 2.84 bits per heavy atom. The summed E-state index contributed by atoms with van der Waals surface area (Å²) in [5.41, 5.74) is 0.847. The van der Waals surface area contributed by atoms with Gasteiger partial charge in [0, 0.05) is 11.5 Å². The number of aryl methyl sites for hydroxylation is 1. The molecule has 0 aliphatic heterocycles. The zero-order valence-corrected chi connectivity index (χ0v) is 11.6. The molecular weight excluding hydrogens is 242 g/mol. The van der Waals surface area contributed by atoms with E-state index in [1.165, 1.54) is 0 Å². The van der Waals surface area contributed by atoms with Crippen molar-refractivity contribution in [2.45, 2.75) is 39.3 Å². The molecule has 4 heteroatoms. The molecule has 1 saturated carbocycles. The first-order chi connectivity index (χ1) is 8.89. The van der Waals surface area contributed by atoms with E-state index < -0.39 is 0 Å². The maximum absolute atomic E-state index is 11.8. The van der Waals surface area contributed by atoms with E-state index in [1.54, 1.807) is 0 Å². The highest BCUT2D eigenvalue weighted by molar-refractivity contribution is 5.78. The highest BCUT2D eigenvalue weighted by atomic mass is 16.5. The van der Waals surface area contributed by atoms with E-state index in [-0.39, 0.29) is 30.1 Å². The molecule has 4 nitrogen and oxygen atoms in total. The van der Waals surface area contributed by atoms with Crippen LogP contribution in [0.4, 0.5) is 0 Å². The van der Waals surface area contributed by atoms with Crippen molar-refractivity contribution in [3.8, 4) is 5.75 Å². The molecule has 1 aliphatic carbocycles. The molecule has 1 fully saturated rings. The summed E-state index contributed by atoms with van der Waals surface area (Å²) in [5, 5.41) is 12.5. The summed E-state index contributed by atoms with van der Waals surface area (Å²) in [4.78, 5) is 11.8. The Morgan fingerprint density at radius 1 is 1.53 bits per heavy atom. The molecule has 19 heavy (non-hydrogen) atoms. The van der Waals surface area contributed by atoms with Crippen molar-refractivity contribution in [1.29, 1.82) is 0 Å². The van der Waals surface area contributed by atoms with Crippen molar-refractivity contribution >= 4 is 5.91 Å².